The number of carbonyl (C=O) groups excluding carboxylic acids is 1. The molecule has 23 heavy (non-hydrogen) atoms. The minimum Gasteiger partial charge on any atom is -0.444 e. The monoisotopic (exact) mass is 316 g/mol. The molecular formula is C17H24N4O2. The van der Waals surface area contributed by atoms with Crippen molar-refractivity contribution in [3.8, 4) is 0 Å². The van der Waals surface area contributed by atoms with Gasteiger partial charge in [0.15, 0.2) is 5.82 Å². The number of anilines is 1. The lowest BCUT2D eigenvalue weighted by Crippen LogP contribution is -2.40. The Morgan fingerprint density at radius 1 is 1.39 bits per heavy atom. The lowest BCUT2D eigenvalue weighted by Gasteiger charge is -2.22. The molecule has 1 aliphatic heterocycles. The van der Waals surface area contributed by atoms with Gasteiger partial charge in [-0.2, -0.15) is 0 Å². The van der Waals surface area contributed by atoms with Gasteiger partial charge in [0.1, 0.15) is 5.60 Å². The Kier molecular flexibility index (Phi) is 3.92. The number of carbonyl (C=O) groups is 1. The predicted octanol–water partition coefficient (Wildman–Crippen LogP) is 2.75. The Morgan fingerprint density at radius 3 is 2.91 bits per heavy atom. The first-order chi connectivity index (χ1) is 10.8. The first-order valence-electron chi connectivity index (χ1n) is 8.00. The molecule has 6 nitrogen and oxygen atoms in total. The zero-order valence-corrected chi connectivity index (χ0v) is 14.2. The molecule has 1 atom stereocenters. The van der Waals surface area contributed by atoms with Crippen LogP contribution < -0.4 is 10.2 Å². The van der Waals surface area contributed by atoms with Gasteiger partial charge >= 0.3 is 6.09 Å². The quantitative estimate of drug-likeness (QED) is 0.925. The minimum atomic E-state index is -0.474. The molecule has 0 saturated carbocycles. The largest absolute Gasteiger partial charge is 0.444 e. The van der Waals surface area contributed by atoms with Crippen molar-refractivity contribution in [3.05, 3.63) is 30.2 Å². The molecule has 0 bridgehead atoms. The SMILES string of the molecule is Cc1ccn2ccnc(N3CCC(NC(=O)OC(C)(C)C)C3)c12. The molecule has 2 aromatic heterocycles. The van der Waals surface area contributed by atoms with E-state index in [4.69, 9.17) is 4.74 Å². The van der Waals surface area contributed by atoms with Crippen LogP contribution in [0.15, 0.2) is 24.7 Å². The van der Waals surface area contributed by atoms with Crippen LogP contribution in [-0.4, -0.2) is 40.2 Å². The summed E-state index contributed by atoms with van der Waals surface area (Å²) in [5.41, 5.74) is 1.86. The highest BCUT2D eigenvalue weighted by Gasteiger charge is 2.28. The van der Waals surface area contributed by atoms with Crippen molar-refractivity contribution in [2.45, 2.75) is 45.8 Å². The molecule has 1 unspecified atom stereocenters. The Labute approximate surface area is 136 Å². The number of aromatic nitrogens is 2. The van der Waals surface area contributed by atoms with E-state index in [1.54, 1.807) is 0 Å². The van der Waals surface area contributed by atoms with Crippen molar-refractivity contribution in [2.24, 2.45) is 0 Å². The Balaban J connectivity index is 1.70. The van der Waals surface area contributed by atoms with Crippen molar-refractivity contribution >= 4 is 17.4 Å². The smallest absolute Gasteiger partial charge is 0.407 e. The lowest BCUT2D eigenvalue weighted by molar-refractivity contribution is 0.0509. The number of nitrogens with one attached hydrogen (secondary N) is 1. The van der Waals surface area contributed by atoms with Gasteiger partial charge in [-0.1, -0.05) is 0 Å². The zero-order valence-electron chi connectivity index (χ0n) is 14.2. The summed E-state index contributed by atoms with van der Waals surface area (Å²) in [4.78, 5) is 18.7. The summed E-state index contributed by atoms with van der Waals surface area (Å²) in [5, 5.41) is 2.95. The molecule has 3 heterocycles. The maximum Gasteiger partial charge on any atom is 0.407 e. The average Bonchev–Trinajstić information content (AvgIpc) is 3.04. The molecule has 1 aliphatic rings. The molecule has 0 radical (unpaired) electrons. The first kappa shape index (κ1) is 15.6. The van der Waals surface area contributed by atoms with Crippen LogP contribution >= 0.6 is 0 Å². The lowest BCUT2D eigenvalue weighted by atomic mass is 10.2. The number of fused-ring (bicyclic) bond motifs is 1. The van der Waals surface area contributed by atoms with Gasteiger partial charge in [-0.25, -0.2) is 9.78 Å². The van der Waals surface area contributed by atoms with Gasteiger partial charge in [-0.15, -0.1) is 0 Å². The third-order valence-corrected chi connectivity index (χ3v) is 3.96. The number of ether oxygens (including phenoxy) is 1. The highest BCUT2D eigenvalue weighted by atomic mass is 16.6. The standard InChI is InChI=1S/C17H24N4O2/c1-12-5-8-20-10-7-18-15(14(12)20)21-9-6-13(11-21)19-16(22)23-17(2,3)4/h5,7-8,10,13H,6,9,11H2,1-4H3,(H,19,22). The van der Waals surface area contributed by atoms with E-state index in [-0.39, 0.29) is 12.1 Å². The molecule has 1 saturated heterocycles. The average molecular weight is 316 g/mol. The summed E-state index contributed by atoms with van der Waals surface area (Å²) in [5.74, 6) is 0.975. The van der Waals surface area contributed by atoms with Crippen molar-refractivity contribution in [1.82, 2.24) is 14.7 Å². The maximum absolute atomic E-state index is 11.9. The van der Waals surface area contributed by atoms with Gasteiger partial charge in [-0.3, -0.25) is 0 Å². The van der Waals surface area contributed by atoms with Gasteiger partial charge in [0.25, 0.3) is 0 Å². The van der Waals surface area contributed by atoms with Crippen molar-refractivity contribution in [2.75, 3.05) is 18.0 Å². The highest BCUT2D eigenvalue weighted by molar-refractivity contribution is 5.74. The first-order valence-corrected chi connectivity index (χ1v) is 8.00. The number of hydrogen-bond acceptors (Lipinski definition) is 4. The van der Waals surface area contributed by atoms with Crippen LogP contribution in [0.5, 0.6) is 0 Å². The van der Waals surface area contributed by atoms with E-state index in [2.05, 4.69) is 32.6 Å². The second-order valence-corrected chi connectivity index (χ2v) is 7.08. The van der Waals surface area contributed by atoms with Crippen LogP contribution in [0.2, 0.25) is 0 Å². The molecule has 1 N–H and O–H groups in total. The minimum absolute atomic E-state index is 0.0853. The number of nitrogens with zero attached hydrogens (tertiary/aromatic N) is 3. The van der Waals surface area contributed by atoms with E-state index in [0.717, 1.165) is 30.8 Å². The van der Waals surface area contributed by atoms with Crippen molar-refractivity contribution < 1.29 is 9.53 Å². The van der Waals surface area contributed by atoms with Crippen LogP contribution in [0.4, 0.5) is 10.6 Å². The van der Waals surface area contributed by atoms with E-state index in [1.807, 2.05) is 39.4 Å². The Hall–Kier alpha value is -2.24. The van der Waals surface area contributed by atoms with Crippen molar-refractivity contribution in [1.29, 1.82) is 0 Å². The number of alkyl carbamates (subject to hydrolysis) is 1. The third-order valence-electron chi connectivity index (χ3n) is 3.96. The molecule has 124 valence electrons. The molecule has 1 fully saturated rings. The number of hydrogen-bond donors (Lipinski definition) is 1. The number of aryl methyl sites for hydroxylation is 1. The molecule has 6 heteroatoms. The van der Waals surface area contributed by atoms with E-state index < -0.39 is 5.60 Å². The fourth-order valence-corrected chi connectivity index (χ4v) is 2.98. The van der Waals surface area contributed by atoms with Gasteiger partial charge in [0, 0.05) is 31.7 Å². The Bertz CT molecular complexity index is 717. The van der Waals surface area contributed by atoms with E-state index >= 15 is 0 Å². The summed E-state index contributed by atoms with van der Waals surface area (Å²) >= 11 is 0. The fourth-order valence-electron chi connectivity index (χ4n) is 2.98. The fraction of sp³-hybridized carbons (Fsp3) is 0.529. The summed E-state index contributed by atoms with van der Waals surface area (Å²) < 4.78 is 7.42. The van der Waals surface area contributed by atoms with Crippen LogP contribution in [-0.2, 0) is 4.74 Å². The third kappa shape index (κ3) is 3.41. The summed E-state index contributed by atoms with van der Waals surface area (Å²) in [6.07, 6.45) is 6.35. The second kappa shape index (κ2) is 5.76. The van der Waals surface area contributed by atoms with Gasteiger partial charge in [0.2, 0.25) is 0 Å². The maximum atomic E-state index is 11.9. The topological polar surface area (TPSA) is 58.9 Å². The predicted molar refractivity (Wildman–Crippen MR) is 89.9 cm³/mol. The molecular weight excluding hydrogens is 292 g/mol. The zero-order chi connectivity index (χ0) is 16.6. The van der Waals surface area contributed by atoms with E-state index in [9.17, 15) is 4.79 Å². The summed E-state index contributed by atoms with van der Waals surface area (Å²) in [6, 6.07) is 2.18. The van der Waals surface area contributed by atoms with Gasteiger partial charge < -0.3 is 19.4 Å². The van der Waals surface area contributed by atoms with E-state index in [0.29, 0.717) is 0 Å². The number of rotatable bonds is 2. The van der Waals surface area contributed by atoms with Crippen LogP contribution in [0, 0.1) is 6.92 Å². The van der Waals surface area contributed by atoms with Crippen LogP contribution in [0.3, 0.4) is 0 Å². The van der Waals surface area contributed by atoms with Crippen LogP contribution in [0.25, 0.3) is 5.52 Å². The van der Waals surface area contributed by atoms with Crippen molar-refractivity contribution in [3.63, 3.8) is 0 Å². The molecule has 3 rings (SSSR count). The summed E-state index contributed by atoms with van der Waals surface area (Å²) in [7, 11) is 0. The second-order valence-electron chi connectivity index (χ2n) is 7.08. The van der Waals surface area contributed by atoms with E-state index in [1.165, 1.54) is 5.56 Å². The van der Waals surface area contributed by atoms with Crippen LogP contribution in [0.1, 0.15) is 32.8 Å². The Morgan fingerprint density at radius 2 is 2.17 bits per heavy atom. The normalized spacial score (nSPS) is 18.4. The molecule has 0 aromatic carbocycles. The molecule has 0 aliphatic carbocycles. The van der Waals surface area contributed by atoms with Gasteiger partial charge in [0.05, 0.1) is 11.6 Å². The summed E-state index contributed by atoms with van der Waals surface area (Å²) in [6.45, 7) is 9.32. The number of amides is 1. The molecule has 1 amide bonds. The molecule has 0 spiro atoms. The highest BCUT2D eigenvalue weighted by Crippen LogP contribution is 2.26. The van der Waals surface area contributed by atoms with Gasteiger partial charge in [-0.05, 0) is 45.7 Å². The molecule has 2 aromatic rings.